The van der Waals surface area contributed by atoms with Gasteiger partial charge in [-0.1, -0.05) is 24.6 Å². The average molecular weight is 274 g/mol. The molecule has 1 aromatic rings. The number of hydrogen-bond acceptors (Lipinski definition) is 2. The van der Waals surface area contributed by atoms with Crippen molar-refractivity contribution in [3.05, 3.63) is 29.8 Å². The maximum Gasteiger partial charge on any atom is 0.327 e. The van der Waals surface area contributed by atoms with Crippen molar-refractivity contribution in [1.29, 1.82) is 0 Å². The molecule has 0 bridgehead atoms. The molecule has 0 spiro atoms. The molecule has 1 aromatic carbocycles. The molecule has 20 heavy (non-hydrogen) atoms. The van der Waals surface area contributed by atoms with Crippen molar-refractivity contribution in [2.45, 2.75) is 31.7 Å². The molecule has 0 aromatic heterocycles. The number of rotatable bonds is 3. The van der Waals surface area contributed by atoms with Gasteiger partial charge in [-0.3, -0.25) is 4.90 Å². The van der Waals surface area contributed by atoms with Crippen LogP contribution in [0.1, 0.15) is 24.8 Å². The number of anilines is 1. The number of nitrogens with zero attached hydrogens (tertiary/aromatic N) is 1. The Morgan fingerprint density at radius 3 is 2.70 bits per heavy atom. The Bertz CT molecular complexity index is 540. The lowest BCUT2D eigenvalue weighted by Crippen LogP contribution is -2.49. The number of fused-ring (bicyclic) bond motifs is 1. The van der Waals surface area contributed by atoms with E-state index in [0.29, 0.717) is 24.6 Å². The molecule has 2 amide bonds. The van der Waals surface area contributed by atoms with Crippen LogP contribution in [0, 0.1) is 5.92 Å². The van der Waals surface area contributed by atoms with Crippen LogP contribution >= 0.6 is 0 Å². The van der Waals surface area contributed by atoms with Gasteiger partial charge in [0.2, 0.25) is 0 Å². The number of nitrogens with one attached hydrogen (secondary N) is 1. The van der Waals surface area contributed by atoms with Gasteiger partial charge < -0.3 is 10.4 Å². The summed E-state index contributed by atoms with van der Waals surface area (Å²) >= 11 is 0. The van der Waals surface area contributed by atoms with Gasteiger partial charge in [-0.2, -0.15) is 0 Å². The summed E-state index contributed by atoms with van der Waals surface area (Å²) in [5.41, 5.74) is 1.63. The number of urea groups is 1. The fourth-order valence-corrected chi connectivity index (χ4v) is 2.85. The summed E-state index contributed by atoms with van der Waals surface area (Å²) in [4.78, 5) is 25.1. The first kappa shape index (κ1) is 13.0. The van der Waals surface area contributed by atoms with Crippen molar-refractivity contribution in [2.24, 2.45) is 5.92 Å². The van der Waals surface area contributed by atoms with Gasteiger partial charge in [0.1, 0.15) is 6.04 Å². The second-order valence-corrected chi connectivity index (χ2v) is 5.54. The minimum atomic E-state index is -0.958. The summed E-state index contributed by atoms with van der Waals surface area (Å²) in [6, 6.07) is 6.29. The van der Waals surface area contributed by atoms with Crippen LogP contribution in [0.3, 0.4) is 0 Å². The highest BCUT2D eigenvalue weighted by Crippen LogP contribution is 2.32. The lowest BCUT2D eigenvalue weighted by molar-refractivity contribution is -0.138. The summed E-state index contributed by atoms with van der Waals surface area (Å²) in [5, 5.41) is 12.2. The van der Waals surface area contributed by atoms with Gasteiger partial charge in [0.05, 0.1) is 0 Å². The lowest BCUT2D eigenvalue weighted by atomic mass is 9.85. The number of carboxylic acids is 1. The second-order valence-electron chi connectivity index (χ2n) is 5.54. The summed E-state index contributed by atoms with van der Waals surface area (Å²) in [7, 11) is 0. The van der Waals surface area contributed by atoms with E-state index in [1.807, 2.05) is 18.2 Å². The van der Waals surface area contributed by atoms with Gasteiger partial charge in [-0.05, 0) is 30.4 Å². The molecular formula is C15H18N2O3. The predicted molar refractivity (Wildman–Crippen MR) is 74.8 cm³/mol. The predicted octanol–water partition coefficient (Wildman–Crippen LogP) is 2.01. The van der Waals surface area contributed by atoms with Gasteiger partial charge in [-0.25, -0.2) is 9.59 Å². The normalized spacial score (nSPS) is 21.2. The van der Waals surface area contributed by atoms with Crippen LogP contribution in [0.5, 0.6) is 0 Å². The number of hydrogen-bond donors (Lipinski definition) is 2. The molecule has 0 radical (unpaired) electrons. The summed E-state index contributed by atoms with van der Waals surface area (Å²) in [5.74, 6) is -0.403. The smallest absolute Gasteiger partial charge is 0.327 e. The van der Waals surface area contributed by atoms with Crippen molar-refractivity contribution < 1.29 is 14.7 Å². The standard InChI is InChI=1S/C15H18N2O3/c18-14(19)13-8-11-6-1-2-7-12(11)17(13)15(20)16-9-10-4-3-5-10/h1-2,6-7,10,13H,3-5,8-9H2,(H,16,20)(H,18,19)/t13-/m0/s1. The quantitative estimate of drug-likeness (QED) is 0.885. The Balaban J connectivity index is 1.76. The van der Waals surface area contributed by atoms with Gasteiger partial charge in [0.25, 0.3) is 0 Å². The monoisotopic (exact) mass is 274 g/mol. The van der Waals surface area contributed by atoms with Crippen molar-refractivity contribution in [1.82, 2.24) is 5.32 Å². The molecular weight excluding hydrogens is 256 g/mol. The Morgan fingerprint density at radius 2 is 2.05 bits per heavy atom. The second kappa shape index (κ2) is 5.15. The maximum absolute atomic E-state index is 12.3. The Kier molecular flexibility index (Phi) is 3.34. The molecule has 0 saturated heterocycles. The van der Waals surface area contributed by atoms with Gasteiger partial charge in [0.15, 0.2) is 0 Å². The molecule has 106 valence electrons. The third-order valence-electron chi connectivity index (χ3n) is 4.25. The molecule has 3 rings (SSSR count). The molecule has 1 saturated carbocycles. The zero-order chi connectivity index (χ0) is 14.1. The van der Waals surface area contributed by atoms with Crippen molar-refractivity contribution in [2.75, 3.05) is 11.4 Å². The van der Waals surface area contributed by atoms with E-state index in [4.69, 9.17) is 0 Å². The van der Waals surface area contributed by atoms with Gasteiger partial charge >= 0.3 is 12.0 Å². The number of carbonyl (C=O) groups excluding carboxylic acids is 1. The number of benzene rings is 1. The van der Waals surface area contributed by atoms with E-state index in [-0.39, 0.29) is 6.03 Å². The highest BCUT2D eigenvalue weighted by Gasteiger charge is 2.38. The van der Waals surface area contributed by atoms with E-state index in [2.05, 4.69) is 5.32 Å². The third kappa shape index (κ3) is 2.24. The number of amides is 2. The Hall–Kier alpha value is -2.04. The van der Waals surface area contributed by atoms with Crippen LogP contribution < -0.4 is 10.2 Å². The molecule has 0 unspecified atom stereocenters. The third-order valence-corrected chi connectivity index (χ3v) is 4.25. The first-order valence-corrected chi connectivity index (χ1v) is 7.04. The van der Waals surface area contributed by atoms with Crippen molar-refractivity contribution in [3.8, 4) is 0 Å². The fourth-order valence-electron chi connectivity index (χ4n) is 2.85. The van der Waals surface area contributed by atoms with E-state index in [9.17, 15) is 14.7 Å². The zero-order valence-corrected chi connectivity index (χ0v) is 11.2. The maximum atomic E-state index is 12.3. The van der Waals surface area contributed by atoms with Crippen LogP contribution in [-0.2, 0) is 11.2 Å². The largest absolute Gasteiger partial charge is 0.480 e. The number of aliphatic carboxylic acids is 1. The molecule has 1 aliphatic heterocycles. The highest BCUT2D eigenvalue weighted by atomic mass is 16.4. The number of carboxylic acid groups (broad SMARTS) is 1. The molecule has 1 heterocycles. The summed E-state index contributed by atoms with van der Waals surface area (Å²) in [6.45, 7) is 0.643. The molecule has 1 atom stereocenters. The van der Waals surface area contributed by atoms with Crippen molar-refractivity contribution >= 4 is 17.7 Å². The zero-order valence-electron chi connectivity index (χ0n) is 11.2. The molecule has 2 N–H and O–H groups in total. The van der Waals surface area contributed by atoms with E-state index < -0.39 is 12.0 Å². The Morgan fingerprint density at radius 1 is 1.30 bits per heavy atom. The van der Waals surface area contributed by atoms with Crippen LogP contribution in [0.25, 0.3) is 0 Å². The molecule has 1 aliphatic carbocycles. The van der Waals surface area contributed by atoms with Crippen molar-refractivity contribution in [3.63, 3.8) is 0 Å². The van der Waals surface area contributed by atoms with Crippen LogP contribution in [-0.4, -0.2) is 29.7 Å². The summed E-state index contributed by atoms with van der Waals surface area (Å²) in [6.07, 6.45) is 3.91. The minimum absolute atomic E-state index is 0.297. The number of para-hydroxylation sites is 1. The first-order valence-electron chi connectivity index (χ1n) is 7.04. The summed E-state index contributed by atoms with van der Waals surface area (Å²) < 4.78 is 0. The molecule has 1 fully saturated rings. The molecule has 5 heteroatoms. The average Bonchev–Trinajstić information content (AvgIpc) is 2.76. The highest BCUT2D eigenvalue weighted by molar-refractivity contribution is 6.01. The van der Waals surface area contributed by atoms with E-state index in [0.717, 1.165) is 18.4 Å². The van der Waals surface area contributed by atoms with E-state index >= 15 is 0 Å². The molecule has 5 nitrogen and oxygen atoms in total. The van der Waals surface area contributed by atoms with E-state index in [1.165, 1.54) is 11.3 Å². The van der Waals surface area contributed by atoms with E-state index in [1.54, 1.807) is 6.07 Å². The van der Waals surface area contributed by atoms with Crippen LogP contribution in [0.2, 0.25) is 0 Å². The topological polar surface area (TPSA) is 69.6 Å². The van der Waals surface area contributed by atoms with Gasteiger partial charge in [-0.15, -0.1) is 0 Å². The Labute approximate surface area is 117 Å². The molecule has 2 aliphatic rings. The first-order chi connectivity index (χ1) is 9.66. The SMILES string of the molecule is O=C(O)[C@@H]1Cc2ccccc2N1C(=O)NCC1CCC1. The van der Waals surface area contributed by atoms with Gasteiger partial charge in [0, 0.05) is 18.7 Å². The lowest BCUT2D eigenvalue weighted by Gasteiger charge is -2.28. The number of carbonyl (C=O) groups is 2. The fraction of sp³-hybridized carbons (Fsp3) is 0.467. The van der Waals surface area contributed by atoms with Crippen LogP contribution in [0.4, 0.5) is 10.5 Å². The van der Waals surface area contributed by atoms with Crippen LogP contribution in [0.15, 0.2) is 24.3 Å². The minimum Gasteiger partial charge on any atom is -0.480 e.